The zero-order valence-electron chi connectivity index (χ0n) is 17.0. The highest BCUT2D eigenvalue weighted by atomic mass is 16.5. The van der Waals surface area contributed by atoms with Gasteiger partial charge in [-0.1, -0.05) is 37.3 Å². The first kappa shape index (κ1) is 20.7. The third kappa shape index (κ3) is 5.28. The number of piperazine rings is 1. The second kappa shape index (κ2) is 9.96. The highest BCUT2D eigenvalue weighted by molar-refractivity contribution is 5.83. The summed E-state index contributed by atoms with van der Waals surface area (Å²) >= 11 is 0. The zero-order chi connectivity index (χ0) is 20.6. The number of carbonyl (C=O) groups is 2. The molecule has 2 aromatic rings. The van der Waals surface area contributed by atoms with Gasteiger partial charge >= 0.3 is 5.97 Å². The van der Waals surface area contributed by atoms with Gasteiger partial charge in [0.15, 0.2) is 6.61 Å². The van der Waals surface area contributed by atoms with Crippen LogP contribution < -0.4 is 9.64 Å². The van der Waals surface area contributed by atoms with Crippen molar-refractivity contribution in [3.8, 4) is 5.75 Å². The zero-order valence-corrected chi connectivity index (χ0v) is 17.0. The molecule has 3 rings (SSSR count). The number of esters is 1. The number of rotatable bonds is 7. The van der Waals surface area contributed by atoms with Gasteiger partial charge in [-0.3, -0.25) is 9.59 Å². The van der Waals surface area contributed by atoms with Gasteiger partial charge in [0.1, 0.15) is 5.75 Å². The summed E-state index contributed by atoms with van der Waals surface area (Å²) < 4.78 is 10.5. The molecule has 0 radical (unpaired) electrons. The van der Waals surface area contributed by atoms with E-state index in [1.165, 1.54) is 0 Å². The van der Waals surface area contributed by atoms with E-state index in [4.69, 9.17) is 9.47 Å². The molecule has 1 aliphatic heterocycles. The minimum Gasteiger partial charge on any atom is -0.497 e. The fourth-order valence-electron chi connectivity index (χ4n) is 3.56. The van der Waals surface area contributed by atoms with Crippen LogP contribution in [-0.2, 0) is 14.3 Å². The van der Waals surface area contributed by atoms with Crippen molar-refractivity contribution in [3.63, 3.8) is 0 Å². The van der Waals surface area contributed by atoms with E-state index in [0.717, 1.165) is 30.1 Å². The Morgan fingerprint density at radius 1 is 0.966 bits per heavy atom. The molecule has 1 amide bonds. The molecule has 29 heavy (non-hydrogen) atoms. The summed E-state index contributed by atoms with van der Waals surface area (Å²) in [6, 6.07) is 17.4. The van der Waals surface area contributed by atoms with E-state index in [0.29, 0.717) is 19.5 Å². The molecule has 0 spiro atoms. The van der Waals surface area contributed by atoms with Crippen molar-refractivity contribution < 1.29 is 19.1 Å². The van der Waals surface area contributed by atoms with E-state index in [2.05, 4.69) is 4.90 Å². The number of carbonyl (C=O) groups excluding carboxylic acids is 2. The smallest absolute Gasteiger partial charge is 0.313 e. The summed E-state index contributed by atoms with van der Waals surface area (Å²) in [4.78, 5) is 28.9. The molecule has 1 heterocycles. The SMILES string of the molecule is CC[C@H](C(=O)OCC(=O)N1CCN(c2ccc(OC)cc2)CC1)c1ccccc1. The normalized spacial score (nSPS) is 15.0. The van der Waals surface area contributed by atoms with Gasteiger partial charge in [0.25, 0.3) is 5.91 Å². The Balaban J connectivity index is 1.47. The summed E-state index contributed by atoms with van der Waals surface area (Å²) in [5, 5.41) is 0. The number of hydrogen-bond acceptors (Lipinski definition) is 5. The second-order valence-electron chi connectivity index (χ2n) is 7.05. The molecular weight excluding hydrogens is 368 g/mol. The molecule has 1 saturated heterocycles. The molecule has 6 nitrogen and oxygen atoms in total. The largest absolute Gasteiger partial charge is 0.497 e. The molecular formula is C23H28N2O4. The van der Waals surface area contributed by atoms with Crippen molar-refractivity contribution in [1.82, 2.24) is 4.90 Å². The Hall–Kier alpha value is -3.02. The van der Waals surface area contributed by atoms with E-state index in [-0.39, 0.29) is 24.4 Å². The van der Waals surface area contributed by atoms with Crippen LogP contribution in [0.5, 0.6) is 5.75 Å². The summed E-state index contributed by atoms with van der Waals surface area (Å²) in [6.45, 7) is 4.45. The Bertz CT molecular complexity index is 799. The topological polar surface area (TPSA) is 59.1 Å². The Labute approximate surface area is 172 Å². The van der Waals surface area contributed by atoms with Gasteiger partial charge in [-0.25, -0.2) is 0 Å². The standard InChI is InChI=1S/C23H28N2O4/c1-3-21(18-7-5-4-6-8-18)23(27)29-17-22(26)25-15-13-24(14-16-25)19-9-11-20(28-2)12-10-19/h4-12,21H,3,13-17H2,1-2H3/t21-/m0/s1. The first-order valence-corrected chi connectivity index (χ1v) is 10.0. The lowest BCUT2D eigenvalue weighted by atomic mass is 9.97. The Kier molecular flexibility index (Phi) is 7.11. The van der Waals surface area contributed by atoms with Crippen molar-refractivity contribution >= 4 is 17.6 Å². The van der Waals surface area contributed by atoms with Crippen molar-refractivity contribution in [1.29, 1.82) is 0 Å². The fraction of sp³-hybridized carbons (Fsp3) is 0.391. The third-order valence-corrected chi connectivity index (χ3v) is 5.30. The second-order valence-corrected chi connectivity index (χ2v) is 7.05. The molecule has 1 aliphatic rings. The fourth-order valence-corrected chi connectivity index (χ4v) is 3.56. The molecule has 6 heteroatoms. The molecule has 0 unspecified atom stereocenters. The minimum absolute atomic E-state index is 0.143. The number of hydrogen-bond donors (Lipinski definition) is 0. The number of nitrogens with zero attached hydrogens (tertiary/aromatic N) is 2. The van der Waals surface area contributed by atoms with Gasteiger partial charge in [0.2, 0.25) is 0 Å². The lowest BCUT2D eigenvalue weighted by Gasteiger charge is -2.36. The van der Waals surface area contributed by atoms with Gasteiger partial charge in [-0.15, -0.1) is 0 Å². The molecule has 0 bridgehead atoms. The van der Waals surface area contributed by atoms with Crippen molar-refractivity contribution in [2.75, 3.05) is 44.8 Å². The average molecular weight is 396 g/mol. The van der Waals surface area contributed by atoms with E-state index >= 15 is 0 Å². The van der Waals surface area contributed by atoms with Gasteiger partial charge in [-0.05, 0) is 36.2 Å². The highest BCUT2D eigenvalue weighted by Gasteiger charge is 2.25. The predicted octanol–water partition coefficient (Wildman–Crippen LogP) is 3.08. The van der Waals surface area contributed by atoms with Crippen LogP contribution in [0.4, 0.5) is 5.69 Å². The summed E-state index contributed by atoms with van der Waals surface area (Å²) in [5.41, 5.74) is 2.03. The molecule has 0 aromatic heterocycles. The van der Waals surface area contributed by atoms with E-state index in [1.807, 2.05) is 61.5 Å². The number of benzene rings is 2. The van der Waals surface area contributed by atoms with Crippen molar-refractivity contribution in [2.45, 2.75) is 19.3 Å². The number of amides is 1. The number of anilines is 1. The summed E-state index contributed by atoms with van der Waals surface area (Å²) in [6.07, 6.45) is 0.636. The van der Waals surface area contributed by atoms with Crippen LogP contribution in [0.2, 0.25) is 0 Å². The first-order valence-electron chi connectivity index (χ1n) is 10.0. The van der Waals surface area contributed by atoms with Gasteiger partial charge < -0.3 is 19.3 Å². The molecule has 0 N–H and O–H groups in total. The molecule has 0 aliphatic carbocycles. The van der Waals surface area contributed by atoms with Crippen LogP contribution >= 0.6 is 0 Å². The lowest BCUT2D eigenvalue weighted by Crippen LogP contribution is -2.50. The van der Waals surface area contributed by atoms with Crippen molar-refractivity contribution in [2.24, 2.45) is 0 Å². The first-order chi connectivity index (χ1) is 14.1. The summed E-state index contributed by atoms with van der Waals surface area (Å²) in [5.74, 6) is 0.000694. The maximum Gasteiger partial charge on any atom is 0.313 e. The molecule has 154 valence electrons. The molecule has 0 saturated carbocycles. The van der Waals surface area contributed by atoms with Crippen LogP contribution in [-0.4, -0.2) is 56.7 Å². The number of methoxy groups -OCH3 is 1. The van der Waals surface area contributed by atoms with E-state index < -0.39 is 0 Å². The third-order valence-electron chi connectivity index (χ3n) is 5.30. The Morgan fingerprint density at radius 3 is 2.21 bits per heavy atom. The van der Waals surface area contributed by atoms with E-state index in [9.17, 15) is 9.59 Å². The monoisotopic (exact) mass is 396 g/mol. The molecule has 1 atom stereocenters. The average Bonchev–Trinajstić information content (AvgIpc) is 2.79. The van der Waals surface area contributed by atoms with Crippen LogP contribution in [0.15, 0.2) is 54.6 Å². The highest BCUT2D eigenvalue weighted by Crippen LogP contribution is 2.22. The molecule has 2 aromatic carbocycles. The Morgan fingerprint density at radius 2 is 1.62 bits per heavy atom. The van der Waals surface area contributed by atoms with Crippen molar-refractivity contribution in [3.05, 3.63) is 60.2 Å². The van der Waals surface area contributed by atoms with Crippen LogP contribution in [0.3, 0.4) is 0 Å². The van der Waals surface area contributed by atoms with Gasteiger partial charge in [0.05, 0.1) is 13.0 Å². The minimum atomic E-state index is -0.344. The van der Waals surface area contributed by atoms with E-state index in [1.54, 1.807) is 12.0 Å². The van der Waals surface area contributed by atoms with Crippen LogP contribution in [0.25, 0.3) is 0 Å². The van der Waals surface area contributed by atoms with Crippen LogP contribution in [0.1, 0.15) is 24.8 Å². The maximum atomic E-state index is 12.5. The molecule has 1 fully saturated rings. The number of ether oxygens (including phenoxy) is 2. The quantitative estimate of drug-likeness (QED) is 0.673. The van der Waals surface area contributed by atoms with Gasteiger partial charge in [0, 0.05) is 31.9 Å². The summed E-state index contributed by atoms with van der Waals surface area (Å²) in [7, 11) is 1.65. The predicted molar refractivity (Wildman–Crippen MR) is 112 cm³/mol. The lowest BCUT2D eigenvalue weighted by molar-refractivity contribution is -0.153. The maximum absolute atomic E-state index is 12.5. The van der Waals surface area contributed by atoms with Gasteiger partial charge in [-0.2, -0.15) is 0 Å². The van der Waals surface area contributed by atoms with Crippen LogP contribution in [0, 0.1) is 0 Å².